The average molecular weight is 349 g/mol. The standard InChI is InChI=1S/C13H17ClN2O5S/c1-8(7-22(3,19)20)15-13(18)16-9-4-5-10(11(14)6-9)12(17)21-2/h4-6,8H,7H2,1-3H3,(H2,15,16,18). The van der Waals surface area contributed by atoms with Gasteiger partial charge in [0.1, 0.15) is 9.84 Å². The fraction of sp³-hybridized carbons (Fsp3) is 0.385. The van der Waals surface area contributed by atoms with Crippen LogP contribution < -0.4 is 10.6 Å². The van der Waals surface area contributed by atoms with Crippen molar-refractivity contribution >= 4 is 39.1 Å². The van der Waals surface area contributed by atoms with Gasteiger partial charge in [-0.25, -0.2) is 18.0 Å². The molecule has 2 amide bonds. The smallest absolute Gasteiger partial charge is 0.339 e. The number of amides is 2. The van der Waals surface area contributed by atoms with E-state index in [1.54, 1.807) is 6.92 Å². The number of rotatable bonds is 5. The SMILES string of the molecule is COC(=O)c1ccc(NC(=O)NC(C)CS(C)(=O)=O)cc1Cl. The zero-order valence-corrected chi connectivity index (χ0v) is 13.9. The first-order chi connectivity index (χ1) is 10.1. The normalized spacial score (nSPS) is 12.4. The molecule has 1 rings (SSSR count). The van der Waals surface area contributed by atoms with E-state index in [-0.39, 0.29) is 16.3 Å². The minimum atomic E-state index is -3.18. The van der Waals surface area contributed by atoms with Gasteiger partial charge in [-0.05, 0) is 25.1 Å². The molecule has 0 saturated heterocycles. The summed E-state index contributed by atoms with van der Waals surface area (Å²) in [6.07, 6.45) is 1.09. The highest BCUT2D eigenvalue weighted by Crippen LogP contribution is 2.21. The van der Waals surface area contributed by atoms with Gasteiger partial charge < -0.3 is 15.4 Å². The van der Waals surface area contributed by atoms with Crippen LogP contribution in [0.25, 0.3) is 0 Å². The second kappa shape index (κ2) is 7.46. The topological polar surface area (TPSA) is 102 Å². The van der Waals surface area contributed by atoms with Gasteiger partial charge in [-0.15, -0.1) is 0 Å². The van der Waals surface area contributed by atoms with Crippen LogP contribution in [0, 0.1) is 0 Å². The van der Waals surface area contributed by atoms with Gasteiger partial charge in [0.2, 0.25) is 0 Å². The van der Waals surface area contributed by atoms with Gasteiger partial charge in [0.15, 0.2) is 0 Å². The maximum Gasteiger partial charge on any atom is 0.339 e. The number of nitrogens with one attached hydrogen (secondary N) is 2. The van der Waals surface area contributed by atoms with Gasteiger partial charge in [0.25, 0.3) is 0 Å². The molecule has 0 aliphatic carbocycles. The fourth-order valence-corrected chi connectivity index (χ4v) is 3.00. The minimum Gasteiger partial charge on any atom is -0.465 e. The number of carbonyl (C=O) groups is 2. The van der Waals surface area contributed by atoms with Crippen LogP contribution in [0.3, 0.4) is 0 Å². The van der Waals surface area contributed by atoms with E-state index in [0.29, 0.717) is 5.69 Å². The number of methoxy groups -OCH3 is 1. The Kier molecular flexibility index (Phi) is 6.19. The number of hydrogen-bond acceptors (Lipinski definition) is 5. The molecule has 1 unspecified atom stereocenters. The number of ether oxygens (including phenoxy) is 1. The number of halogens is 1. The molecule has 1 atom stereocenters. The lowest BCUT2D eigenvalue weighted by Crippen LogP contribution is -2.39. The Bertz CT molecular complexity index is 675. The maximum atomic E-state index is 11.7. The highest BCUT2D eigenvalue weighted by atomic mass is 35.5. The van der Waals surface area contributed by atoms with Crippen molar-refractivity contribution in [2.45, 2.75) is 13.0 Å². The summed E-state index contributed by atoms with van der Waals surface area (Å²) in [6, 6.07) is 3.19. The zero-order valence-electron chi connectivity index (χ0n) is 12.3. The second-order valence-corrected chi connectivity index (χ2v) is 7.37. The number of hydrogen-bond donors (Lipinski definition) is 2. The van der Waals surface area contributed by atoms with Crippen LogP contribution in [0.2, 0.25) is 5.02 Å². The number of urea groups is 1. The molecule has 0 saturated carbocycles. The molecule has 22 heavy (non-hydrogen) atoms. The highest BCUT2D eigenvalue weighted by molar-refractivity contribution is 7.90. The van der Waals surface area contributed by atoms with Crippen molar-refractivity contribution in [1.82, 2.24) is 5.32 Å². The van der Waals surface area contributed by atoms with Crippen molar-refractivity contribution in [3.05, 3.63) is 28.8 Å². The van der Waals surface area contributed by atoms with E-state index in [0.717, 1.165) is 6.26 Å². The van der Waals surface area contributed by atoms with E-state index in [9.17, 15) is 18.0 Å². The van der Waals surface area contributed by atoms with Crippen LogP contribution >= 0.6 is 11.6 Å². The summed E-state index contributed by atoms with van der Waals surface area (Å²) in [5.41, 5.74) is 0.544. The summed E-state index contributed by atoms with van der Waals surface area (Å²) < 4.78 is 26.8. The Hall–Kier alpha value is -1.80. The van der Waals surface area contributed by atoms with Gasteiger partial charge in [0.05, 0.1) is 23.4 Å². The minimum absolute atomic E-state index is 0.133. The Morgan fingerprint density at radius 3 is 2.50 bits per heavy atom. The molecule has 9 heteroatoms. The number of esters is 1. The molecular weight excluding hydrogens is 332 g/mol. The number of benzene rings is 1. The summed E-state index contributed by atoms with van der Waals surface area (Å²) in [4.78, 5) is 23.1. The summed E-state index contributed by atoms with van der Waals surface area (Å²) in [6.45, 7) is 1.58. The molecule has 1 aromatic rings. The molecule has 7 nitrogen and oxygen atoms in total. The Balaban J connectivity index is 2.69. The predicted octanol–water partition coefficient (Wildman–Crippen LogP) is 1.68. The highest BCUT2D eigenvalue weighted by Gasteiger charge is 2.15. The van der Waals surface area contributed by atoms with E-state index in [1.165, 1.54) is 25.3 Å². The Labute approximate surface area is 133 Å². The fourth-order valence-electron chi connectivity index (χ4n) is 1.76. The van der Waals surface area contributed by atoms with Crippen molar-refractivity contribution in [3.63, 3.8) is 0 Å². The lowest BCUT2D eigenvalue weighted by atomic mass is 10.2. The molecule has 0 bridgehead atoms. The molecule has 0 fully saturated rings. The van der Waals surface area contributed by atoms with Crippen LogP contribution in [0.4, 0.5) is 10.5 Å². The van der Waals surface area contributed by atoms with Gasteiger partial charge >= 0.3 is 12.0 Å². The van der Waals surface area contributed by atoms with Crippen molar-refractivity contribution < 1.29 is 22.7 Å². The maximum absolute atomic E-state index is 11.7. The van der Waals surface area contributed by atoms with Crippen molar-refractivity contribution in [2.24, 2.45) is 0 Å². The predicted molar refractivity (Wildman–Crippen MR) is 84.1 cm³/mol. The Morgan fingerprint density at radius 1 is 1.36 bits per heavy atom. The van der Waals surface area contributed by atoms with Gasteiger partial charge in [-0.1, -0.05) is 11.6 Å². The summed E-state index contributed by atoms with van der Waals surface area (Å²) >= 11 is 5.93. The third kappa shape index (κ3) is 5.90. The molecular formula is C13H17ClN2O5S. The molecule has 0 spiro atoms. The third-order valence-corrected chi connectivity index (χ3v) is 3.98. The van der Waals surface area contributed by atoms with Gasteiger partial charge in [-0.2, -0.15) is 0 Å². The molecule has 0 aliphatic heterocycles. The lowest BCUT2D eigenvalue weighted by molar-refractivity contribution is 0.0601. The summed E-state index contributed by atoms with van der Waals surface area (Å²) in [5.74, 6) is -0.745. The zero-order chi connectivity index (χ0) is 16.9. The first kappa shape index (κ1) is 18.2. The van der Waals surface area contributed by atoms with Crippen LogP contribution in [-0.2, 0) is 14.6 Å². The van der Waals surface area contributed by atoms with E-state index in [4.69, 9.17) is 11.6 Å². The van der Waals surface area contributed by atoms with E-state index >= 15 is 0 Å². The molecule has 0 radical (unpaired) electrons. The van der Waals surface area contributed by atoms with Crippen LogP contribution in [0.1, 0.15) is 17.3 Å². The summed E-state index contributed by atoms with van der Waals surface area (Å²) in [5, 5.41) is 5.12. The average Bonchev–Trinajstić information content (AvgIpc) is 2.35. The summed E-state index contributed by atoms with van der Waals surface area (Å²) in [7, 11) is -1.94. The number of anilines is 1. The van der Waals surface area contributed by atoms with E-state index in [2.05, 4.69) is 15.4 Å². The molecule has 0 heterocycles. The second-order valence-electron chi connectivity index (χ2n) is 4.78. The lowest BCUT2D eigenvalue weighted by Gasteiger charge is -2.14. The Morgan fingerprint density at radius 2 is 2.00 bits per heavy atom. The van der Waals surface area contributed by atoms with Crippen molar-refractivity contribution in [3.8, 4) is 0 Å². The molecule has 0 aromatic heterocycles. The first-order valence-electron chi connectivity index (χ1n) is 6.25. The first-order valence-corrected chi connectivity index (χ1v) is 8.69. The third-order valence-electron chi connectivity index (χ3n) is 2.56. The van der Waals surface area contributed by atoms with Crippen molar-refractivity contribution in [1.29, 1.82) is 0 Å². The van der Waals surface area contributed by atoms with Crippen LogP contribution in [-0.4, -0.2) is 45.6 Å². The quantitative estimate of drug-likeness (QED) is 0.788. The van der Waals surface area contributed by atoms with Crippen LogP contribution in [0.15, 0.2) is 18.2 Å². The van der Waals surface area contributed by atoms with E-state index in [1.807, 2.05) is 0 Å². The molecule has 1 aromatic carbocycles. The number of sulfone groups is 1. The molecule has 0 aliphatic rings. The monoisotopic (exact) mass is 348 g/mol. The van der Waals surface area contributed by atoms with E-state index < -0.39 is 27.9 Å². The van der Waals surface area contributed by atoms with Gasteiger partial charge in [-0.3, -0.25) is 0 Å². The number of carbonyl (C=O) groups excluding carboxylic acids is 2. The largest absolute Gasteiger partial charge is 0.465 e. The molecule has 2 N–H and O–H groups in total. The van der Waals surface area contributed by atoms with Crippen LogP contribution in [0.5, 0.6) is 0 Å². The molecule has 122 valence electrons. The van der Waals surface area contributed by atoms with Gasteiger partial charge in [0, 0.05) is 18.0 Å². The van der Waals surface area contributed by atoms with Crippen molar-refractivity contribution in [2.75, 3.05) is 24.4 Å².